The van der Waals surface area contributed by atoms with E-state index in [-0.39, 0.29) is 0 Å². The summed E-state index contributed by atoms with van der Waals surface area (Å²) in [6.45, 7) is 14.2. The first-order chi connectivity index (χ1) is 30.4. The van der Waals surface area contributed by atoms with Gasteiger partial charge in [0.15, 0.2) is 0 Å². The van der Waals surface area contributed by atoms with Gasteiger partial charge in [0.1, 0.15) is 11.5 Å². The van der Waals surface area contributed by atoms with Gasteiger partial charge in [0.05, 0.1) is 24.6 Å². The van der Waals surface area contributed by atoms with Gasteiger partial charge in [0, 0.05) is 49.9 Å². The molecule has 0 amide bonds. The molecule has 4 heteroatoms. The minimum atomic E-state index is 0.663. The van der Waals surface area contributed by atoms with Crippen LogP contribution in [-0.4, -0.2) is 13.2 Å². The van der Waals surface area contributed by atoms with E-state index in [4.69, 9.17) is 9.47 Å². The molecule has 4 nitrogen and oxygen atoms in total. The summed E-state index contributed by atoms with van der Waals surface area (Å²) in [6.07, 6.45) is 10.5. The van der Waals surface area contributed by atoms with Gasteiger partial charge in [-0.15, -0.1) is 0 Å². The number of fused-ring (bicyclic) bond motifs is 2. The van der Waals surface area contributed by atoms with Crippen LogP contribution in [0, 0.1) is 20.8 Å². The summed E-state index contributed by atoms with van der Waals surface area (Å²) >= 11 is 0. The smallest absolute Gasteiger partial charge is 0.127 e. The maximum absolute atomic E-state index is 6.24. The van der Waals surface area contributed by atoms with E-state index in [1.807, 2.05) is 0 Å². The molecule has 0 saturated carbocycles. The molecule has 0 aliphatic carbocycles. The molecule has 0 unspecified atom stereocenters. The molecular formula is C58H56N2O2. The van der Waals surface area contributed by atoms with Gasteiger partial charge in [-0.3, -0.25) is 0 Å². The van der Waals surface area contributed by atoms with Gasteiger partial charge in [-0.25, -0.2) is 0 Å². The molecule has 0 bridgehead atoms. The summed E-state index contributed by atoms with van der Waals surface area (Å²) in [5.74, 6) is 1.78. The molecule has 0 spiro atoms. The van der Waals surface area contributed by atoms with Gasteiger partial charge in [0.2, 0.25) is 0 Å². The topological polar surface area (TPSA) is 24.9 Å². The fourth-order valence-corrected chi connectivity index (χ4v) is 8.38. The van der Waals surface area contributed by atoms with Crippen LogP contribution < -0.4 is 19.3 Å². The van der Waals surface area contributed by atoms with E-state index in [0.717, 1.165) is 85.9 Å². The Labute approximate surface area is 368 Å². The summed E-state index contributed by atoms with van der Waals surface area (Å²) in [5.41, 5.74) is 13.5. The lowest BCUT2D eigenvalue weighted by molar-refractivity contribution is 0.306. The minimum Gasteiger partial charge on any atom is -0.493 e. The Hall–Kier alpha value is -7.04. The molecule has 0 N–H and O–H groups in total. The first-order valence-corrected chi connectivity index (χ1v) is 22.0. The molecule has 0 aliphatic heterocycles. The molecule has 310 valence electrons. The monoisotopic (exact) mass is 812 g/mol. The van der Waals surface area contributed by atoms with Crippen LogP contribution >= 0.6 is 0 Å². The molecule has 8 aromatic rings. The second-order valence-electron chi connectivity index (χ2n) is 15.9. The third-order valence-corrected chi connectivity index (χ3v) is 11.4. The number of nitrogens with zero attached hydrogens (tertiary/aromatic N) is 2. The highest BCUT2D eigenvalue weighted by Crippen LogP contribution is 2.51. The van der Waals surface area contributed by atoms with Crippen LogP contribution in [0.15, 0.2) is 164 Å². The van der Waals surface area contributed by atoms with Gasteiger partial charge < -0.3 is 19.3 Å². The Bertz CT molecular complexity index is 2820. The third-order valence-electron chi connectivity index (χ3n) is 11.4. The van der Waals surface area contributed by atoms with E-state index < -0.39 is 0 Å². The van der Waals surface area contributed by atoms with Crippen LogP contribution in [0.1, 0.15) is 67.0 Å². The summed E-state index contributed by atoms with van der Waals surface area (Å²) in [4.78, 5) is 4.87. The predicted molar refractivity (Wildman–Crippen MR) is 267 cm³/mol. The standard InChI is InChI=1S/C58H56N2O2/c1-7-20-44-31-33-49(37-41(44)4)59(47-21-12-10-13-22-47)57-51-25-16-18-27-53(51)58(54-28-19-17-26-52(54)57)60(48-23-14-11-15-24-48)50-34-32-45(42(5)38-50)29-30-46-40-55(61-35-8-2)43(6)39-56(46)62-36-9-3/h7,10-34,37-40H,8-9,35-36H2,1-6H3. The van der Waals surface area contributed by atoms with Crippen molar-refractivity contribution < 1.29 is 9.47 Å². The number of rotatable bonds is 15. The maximum atomic E-state index is 6.24. The lowest BCUT2D eigenvalue weighted by Gasteiger charge is -2.33. The lowest BCUT2D eigenvalue weighted by Crippen LogP contribution is -2.15. The van der Waals surface area contributed by atoms with Crippen molar-refractivity contribution in [1.82, 2.24) is 0 Å². The summed E-state index contributed by atoms with van der Waals surface area (Å²) < 4.78 is 12.4. The average Bonchev–Trinajstić information content (AvgIpc) is 3.30. The summed E-state index contributed by atoms with van der Waals surface area (Å²) in [5, 5.41) is 4.66. The zero-order valence-corrected chi connectivity index (χ0v) is 36.9. The third kappa shape index (κ3) is 8.60. The molecular weight excluding hydrogens is 757 g/mol. The van der Waals surface area contributed by atoms with Crippen LogP contribution in [0.4, 0.5) is 34.1 Å². The molecule has 8 aromatic carbocycles. The van der Waals surface area contributed by atoms with Crippen LogP contribution in [-0.2, 0) is 0 Å². The number of allylic oxidation sites excluding steroid dienone is 1. The number of aryl methyl sites for hydroxylation is 3. The Morgan fingerprint density at radius 2 is 0.823 bits per heavy atom. The number of anilines is 6. The second kappa shape index (κ2) is 19.1. The Morgan fingerprint density at radius 3 is 1.26 bits per heavy atom. The zero-order chi connectivity index (χ0) is 43.0. The lowest BCUT2D eigenvalue weighted by atomic mass is 9.95. The van der Waals surface area contributed by atoms with E-state index in [0.29, 0.717) is 13.2 Å². The van der Waals surface area contributed by atoms with Crippen molar-refractivity contribution in [3.8, 4) is 11.5 Å². The molecule has 0 fully saturated rings. The quantitative estimate of drug-likeness (QED) is 0.0585. The Balaban J connectivity index is 1.30. The summed E-state index contributed by atoms with van der Waals surface area (Å²) in [6, 6.07) is 57.1. The first-order valence-electron chi connectivity index (χ1n) is 22.0. The van der Waals surface area contributed by atoms with Gasteiger partial charge in [0.25, 0.3) is 0 Å². The van der Waals surface area contributed by atoms with E-state index in [9.17, 15) is 0 Å². The highest BCUT2D eigenvalue weighted by Gasteiger charge is 2.25. The molecule has 8 rings (SSSR count). The van der Waals surface area contributed by atoms with E-state index in [2.05, 4.69) is 233 Å². The molecule has 0 radical (unpaired) electrons. The van der Waals surface area contributed by atoms with E-state index >= 15 is 0 Å². The largest absolute Gasteiger partial charge is 0.493 e. The van der Waals surface area contributed by atoms with Crippen LogP contribution in [0.5, 0.6) is 11.5 Å². The fraction of sp³-hybridized carbons (Fsp3) is 0.172. The van der Waals surface area contributed by atoms with Crippen molar-refractivity contribution in [3.63, 3.8) is 0 Å². The average molecular weight is 813 g/mol. The fourth-order valence-electron chi connectivity index (χ4n) is 8.38. The highest BCUT2D eigenvalue weighted by molar-refractivity contribution is 6.23. The maximum Gasteiger partial charge on any atom is 0.127 e. The van der Waals surface area contributed by atoms with Crippen molar-refractivity contribution in [3.05, 3.63) is 197 Å². The SMILES string of the molecule is CC=Cc1ccc(N(c2ccccc2)c2c3ccccc3c(N(c3ccccc3)c3ccc(C=Cc4cc(OCCC)c(C)cc4OCCC)c(C)c3)c3ccccc23)cc1C. The molecule has 62 heavy (non-hydrogen) atoms. The number of hydrogen-bond acceptors (Lipinski definition) is 4. The first kappa shape index (κ1) is 41.7. The van der Waals surface area contributed by atoms with Crippen molar-refractivity contribution >= 4 is 73.9 Å². The summed E-state index contributed by atoms with van der Waals surface area (Å²) in [7, 11) is 0. The van der Waals surface area contributed by atoms with Crippen LogP contribution in [0.3, 0.4) is 0 Å². The number of ether oxygens (including phenoxy) is 2. The van der Waals surface area contributed by atoms with Crippen molar-refractivity contribution in [2.24, 2.45) is 0 Å². The highest BCUT2D eigenvalue weighted by atomic mass is 16.5. The Kier molecular flexibility index (Phi) is 12.9. The number of benzene rings is 8. The van der Waals surface area contributed by atoms with Gasteiger partial charge >= 0.3 is 0 Å². The van der Waals surface area contributed by atoms with Gasteiger partial charge in [-0.1, -0.05) is 135 Å². The second-order valence-corrected chi connectivity index (χ2v) is 15.9. The Morgan fingerprint density at radius 1 is 0.403 bits per heavy atom. The molecule has 0 aliphatic rings. The molecule has 0 saturated heterocycles. The van der Waals surface area contributed by atoms with Crippen molar-refractivity contribution in [2.45, 2.75) is 54.4 Å². The van der Waals surface area contributed by atoms with E-state index in [1.165, 1.54) is 27.5 Å². The van der Waals surface area contributed by atoms with E-state index in [1.54, 1.807) is 0 Å². The molecule has 0 atom stereocenters. The number of hydrogen-bond donors (Lipinski definition) is 0. The normalized spacial score (nSPS) is 11.5. The molecule has 0 heterocycles. The van der Waals surface area contributed by atoms with Gasteiger partial charge in [-0.05, 0) is 129 Å². The van der Waals surface area contributed by atoms with Crippen LogP contribution in [0.2, 0.25) is 0 Å². The number of para-hydroxylation sites is 2. The zero-order valence-electron chi connectivity index (χ0n) is 36.9. The minimum absolute atomic E-state index is 0.663. The molecule has 0 aromatic heterocycles. The van der Waals surface area contributed by atoms with Crippen molar-refractivity contribution in [1.29, 1.82) is 0 Å². The predicted octanol–water partition coefficient (Wildman–Crippen LogP) is 16.6. The van der Waals surface area contributed by atoms with Crippen molar-refractivity contribution in [2.75, 3.05) is 23.0 Å². The van der Waals surface area contributed by atoms with Gasteiger partial charge in [-0.2, -0.15) is 0 Å². The van der Waals surface area contributed by atoms with Crippen LogP contribution in [0.25, 0.3) is 39.8 Å².